The second kappa shape index (κ2) is 5.60. The zero-order chi connectivity index (χ0) is 17.1. The van der Waals surface area contributed by atoms with Gasteiger partial charge in [-0.05, 0) is 0 Å². The molecule has 0 aromatic rings. The third kappa shape index (κ3) is 3.26. The monoisotopic (exact) mass is 464 g/mol. The van der Waals surface area contributed by atoms with Crippen LogP contribution in [-0.2, 0) is 0 Å². The summed E-state index contributed by atoms with van der Waals surface area (Å²) in [5, 5.41) is 0. The topological polar surface area (TPSA) is 0 Å². The summed E-state index contributed by atoms with van der Waals surface area (Å²) in [6.07, 6.45) is 3.28. The van der Waals surface area contributed by atoms with Crippen LogP contribution < -0.4 is 0 Å². The molecule has 0 amide bonds. The molecule has 1 aliphatic heterocycles. The second-order valence-electron chi connectivity index (χ2n) is 11.4. The van der Waals surface area contributed by atoms with Crippen molar-refractivity contribution in [2.45, 2.75) is 96.8 Å². The van der Waals surface area contributed by atoms with Crippen LogP contribution in [0.5, 0.6) is 0 Å². The normalized spacial score (nSPS) is 23.0. The van der Waals surface area contributed by atoms with Gasteiger partial charge in [0.1, 0.15) is 0 Å². The first-order valence-corrected chi connectivity index (χ1v) is 25.6. The van der Waals surface area contributed by atoms with E-state index < -0.39 is 32.3 Å². The van der Waals surface area contributed by atoms with Gasteiger partial charge in [0, 0.05) is 0 Å². The summed E-state index contributed by atoms with van der Waals surface area (Å²) in [6, 6.07) is 0. The quantitative estimate of drug-likeness (QED) is 0.429. The Hall–Kier alpha value is 1.67. The van der Waals surface area contributed by atoms with Gasteiger partial charge in [-0.3, -0.25) is 0 Å². The van der Waals surface area contributed by atoms with Crippen LogP contribution in [0.4, 0.5) is 0 Å². The molecule has 0 nitrogen and oxygen atoms in total. The van der Waals surface area contributed by atoms with Crippen molar-refractivity contribution >= 4 is 53.4 Å². The molecule has 0 unspecified atom stereocenters. The summed E-state index contributed by atoms with van der Waals surface area (Å²) in [5.41, 5.74) is 0. The molecule has 1 fully saturated rings. The molecular weight excluding hydrogens is 423 g/mol. The van der Waals surface area contributed by atoms with Gasteiger partial charge >= 0.3 is 150 Å². The van der Waals surface area contributed by atoms with Gasteiger partial charge in [0.25, 0.3) is 0 Å². The van der Waals surface area contributed by atoms with E-state index in [9.17, 15) is 0 Å². The molecule has 1 radical (unpaired) electrons. The molecule has 123 valence electrons. The Morgan fingerprint density at radius 1 is 0.476 bits per heavy atom. The Morgan fingerprint density at radius 2 is 0.667 bits per heavy atom. The molecule has 0 spiro atoms. The average molecular weight is 464 g/mol. The number of rotatable bonds is 4. The first-order valence-electron chi connectivity index (χ1n) is 8.71. The van der Waals surface area contributed by atoms with Crippen molar-refractivity contribution < 1.29 is 0 Å². The Bertz CT molecular complexity index is 324. The third-order valence-electron chi connectivity index (χ3n) is 6.42. The van der Waals surface area contributed by atoms with Crippen LogP contribution in [0.2, 0.25) is 83.9 Å². The predicted octanol–water partition coefficient (Wildman–Crippen LogP) is 6.31. The summed E-state index contributed by atoms with van der Waals surface area (Å²) in [6.45, 7) is 32.6. The van der Waals surface area contributed by atoms with E-state index >= 15 is 0 Å². The van der Waals surface area contributed by atoms with Crippen LogP contribution in [0.3, 0.4) is 0 Å². The number of hydrogen-bond donors (Lipinski definition) is 0. The van der Waals surface area contributed by atoms with Gasteiger partial charge in [0.15, 0.2) is 0 Å². The van der Waals surface area contributed by atoms with Crippen LogP contribution in [-0.4, -0.2) is 53.4 Å². The first kappa shape index (κ1) is 20.7. The van der Waals surface area contributed by atoms with Crippen molar-refractivity contribution in [3.63, 3.8) is 0 Å². The Balaban J connectivity index is 3.49. The van der Waals surface area contributed by atoms with Gasteiger partial charge in [-0.25, -0.2) is 0 Å². The fraction of sp³-hybridized carbons (Fsp3) is 1.00. The van der Waals surface area contributed by atoms with Crippen molar-refractivity contribution in [2.75, 3.05) is 0 Å². The van der Waals surface area contributed by atoms with E-state index in [0.29, 0.717) is 0 Å². The minimum absolute atomic E-state index is 0.375. The third-order valence-corrected chi connectivity index (χ3v) is 59.6. The van der Waals surface area contributed by atoms with Crippen molar-refractivity contribution in [3.8, 4) is 0 Å². The van der Waals surface area contributed by atoms with Gasteiger partial charge in [-0.1, -0.05) is 0 Å². The van der Waals surface area contributed by atoms with Crippen LogP contribution >= 0.6 is 0 Å². The molecule has 1 heterocycles. The maximum atomic E-state index is 2.72. The van der Waals surface area contributed by atoms with Crippen molar-refractivity contribution in [1.82, 2.24) is 0 Å². The van der Waals surface area contributed by atoms with E-state index in [1.54, 1.807) is 12.8 Å². The number of hydrogen-bond acceptors (Lipinski definition) is 0. The van der Waals surface area contributed by atoms with E-state index in [1.807, 2.05) is 0 Å². The fourth-order valence-electron chi connectivity index (χ4n) is 5.36. The van der Waals surface area contributed by atoms with E-state index in [4.69, 9.17) is 0 Å². The molecule has 5 heteroatoms. The summed E-state index contributed by atoms with van der Waals surface area (Å²) in [4.78, 5) is 0. The predicted molar refractivity (Wildman–Crippen MR) is 114 cm³/mol. The van der Waals surface area contributed by atoms with Gasteiger partial charge in [-0.15, -0.1) is 0 Å². The molecule has 1 saturated heterocycles. The summed E-state index contributed by atoms with van der Waals surface area (Å²) in [5.74, 6) is 0. The molecule has 0 aromatic heterocycles. The van der Waals surface area contributed by atoms with Crippen LogP contribution in [0, 0.1) is 0 Å². The van der Waals surface area contributed by atoms with Gasteiger partial charge < -0.3 is 0 Å². The second-order valence-corrected chi connectivity index (χ2v) is 45.1. The van der Waals surface area contributed by atoms with Crippen LogP contribution in [0.1, 0.15) is 12.8 Å². The minimum atomic E-state index is -1.07. The van der Waals surface area contributed by atoms with E-state index in [0.717, 1.165) is 5.35 Å². The van der Waals surface area contributed by atoms with Gasteiger partial charge in [0.05, 0.1) is 0 Å². The van der Waals surface area contributed by atoms with Gasteiger partial charge in [-0.2, -0.15) is 0 Å². The molecule has 1 aliphatic rings. The molecule has 0 aromatic carbocycles. The molecule has 0 saturated carbocycles. The Kier molecular flexibility index (Phi) is 5.52. The summed E-state index contributed by atoms with van der Waals surface area (Å²) < 4.78 is 1.87. The first-order chi connectivity index (χ1) is 8.91. The van der Waals surface area contributed by atoms with Gasteiger partial charge in [0.2, 0.25) is 0 Å². The van der Waals surface area contributed by atoms with Crippen molar-refractivity contribution in [2.24, 2.45) is 0 Å². The van der Waals surface area contributed by atoms with E-state index in [2.05, 4.69) is 78.6 Å². The summed E-state index contributed by atoms with van der Waals surface area (Å²) >= 11 is -0.375. The zero-order valence-corrected chi connectivity index (χ0v) is 23.8. The SMILES string of the molecule is C[Si](C)(C)[C]1([Si](C)(C)C)CC[C]([Si](C)(C)C)([Si](C)(C)C)[Sn+]1. The molecule has 0 atom stereocenters. The van der Waals surface area contributed by atoms with Crippen molar-refractivity contribution in [3.05, 3.63) is 0 Å². The Labute approximate surface area is 149 Å². The molecule has 0 bridgehead atoms. The Morgan fingerprint density at radius 3 is 0.762 bits per heavy atom. The molecule has 0 aliphatic carbocycles. The molecule has 21 heavy (non-hydrogen) atoms. The molecular formula is C16H40Si4Sn+. The maximum absolute atomic E-state index is 2.72. The van der Waals surface area contributed by atoms with Crippen LogP contribution in [0.15, 0.2) is 0 Å². The van der Waals surface area contributed by atoms with Crippen LogP contribution in [0.25, 0.3) is 0 Å². The summed E-state index contributed by atoms with van der Waals surface area (Å²) in [7, 11) is -4.30. The van der Waals surface area contributed by atoms with E-state index in [1.165, 1.54) is 0 Å². The zero-order valence-electron chi connectivity index (χ0n) is 16.9. The fourth-order valence-corrected chi connectivity index (χ4v) is 53.8. The average Bonchev–Trinajstić information content (AvgIpc) is 2.54. The van der Waals surface area contributed by atoms with Crippen molar-refractivity contribution in [1.29, 1.82) is 0 Å². The molecule has 1 rings (SSSR count). The molecule has 0 N–H and O–H groups in total. The standard InChI is InChI=1S/C16H40Si4.Sn/c1-17(2,3)15(18(4,5)6)13-14-16(19(7,8)9)20(10,11)12;/h13-14H2,1-12H3;/q;+1. The van der Waals surface area contributed by atoms with E-state index in [-0.39, 0.29) is 21.1 Å².